The van der Waals surface area contributed by atoms with Crippen LogP contribution in [0.15, 0.2) is 24.3 Å². The summed E-state index contributed by atoms with van der Waals surface area (Å²) in [5.41, 5.74) is 0.328. The number of carbonyl (C=O) groups excluding carboxylic acids is 1. The Labute approximate surface area is 127 Å². The average Bonchev–Trinajstić information content (AvgIpc) is 2.36. The summed E-state index contributed by atoms with van der Waals surface area (Å²) in [6.45, 7) is 3.53. The minimum atomic E-state index is -4.75. The highest BCUT2D eigenvalue weighted by Gasteiger charge is 2.33. The van der Waals surface area contributed by atoms with Crippen LogP contribution in [0.3, 0.4) is 0 Å². The average molecular weight is 316 g/mol. The lowest BCUT2D eigenvalue weighted by atomic mass is 9.88. The number of hydrogen-bond donors (Lipinski definition) is 1. The molecule has 1 unspecified atom stereocenters. The fraction of sp³-hybridized carbons (Fsp3) is 0.533. The van der Waals surface area contributed by atoms with Crippen molar-refractivity contribution < 1.29 is 22.7 Å². The van der Waals surface area contributed by atoms with E-state index < -0.39 is 6.36 Å². The second-order valence-corrected chi connectivity index (χ2v) is 5.56. The van der Waals surface area contributed by atoms with Crippen LogP contribution in [0.1, 0.15) is 12.5 Å². The zero-order valence-electron chi connectivity index (χ0n) is 12.5. The molecule has 7 heteroatoms. The van der Waals surface area contributed by atoms with Crippen LogP contribution in [0, 0.1) is 11.8 Å². The molecule has 1 heterocycles. The monoisotopic (exact) mass is 316 g/mol. The normalized spacial score (nSPS) is 16.8. The first-order valence-electron chi connectivity index (χ1n) is 7.07. The molecule has 0 saturated carbocycles. The third-order valence-corrected chi connectivity index (χ3v) is 3.89. The minimum absolute atomic E-state index is 0.0756. The fourth-order valence-electron chi connectivity index (χ4n) is 2.41. The molecule has 22 heavy (non-hydrogen) atoms. The number of carbonyl (C=O) groups is 1. The van der Waals surface area contributed by atoms with Crippen LogP contribution in [0.2, 0.25) is 0 Å². The van der Waals surface area contributed by atoms with Crippen molar-refractivity contribution in [2.45, 2.75) is 19.8 Å². The molecule has 1 saturated heterocycles. The van der Waals surface area contributed by atoms with Crippen LogP contribution in [-0.2, 0) is 11.3 Å². The molecule has 1 fully saturated rings. The van der Waals surface area contributed by atoms with Crippen molar-refractivity contribution in [2.75, 3.05) is 20.1 Å². The number of para-hydroxylation sites is 1. The van der Waals surface area contributed by atoms with Crippen LogP contribution in [-0.4, -0.2) is 37.3 Å². The number of benzene rings is 1. The summed E-state index contributed by atoms with van der Waals surface area (Å²) >= 11 is 0. The van der Waals surface area contributed by atoms with E-state index in [-0.39, 0.29) is 30.0 Å². The standard InChI is InChI=1S/C15H19F3N2O2/c1-10(12-7-19-8-12)14(21)20(2)9-11-5-3-4-6-13(11)22-15(16,17)18/h3-6,10,12,19H,7-9H2,1-2H3. The molecule has 1 atom stereocenters. The van der Waals surface area contributed by atoms with Gasteiger partial charge in [0.25, 0.3) is 0 Å². The van der Waals surface area contributed by atoms with E-state index in [1.165, 1.54) is 23.1 Å². The zero-order chi connectivity index (χ0) is 16.3. The lowest BCUT2D eigenvalue weighted by Crippen LogP contribution is -2.49. The summed E-state index contributed by atoms with van der Waals surface area (Å²) in [6.07, 6.45) is -4.75. The van der Waals surface area contributed by atoms with Gasteiger partial charge in [0.15, 0.2) is 0 Å². The molecule has 2 rings (SSSR count). The lowest BCUT2D eigenvalue weighted by Gasteiger charge is -2.34. The van der Waals surface area contributed by atoms with Crippen LogP contribution in [0.4, 0.5) is 13.2 Å². The smallest absolute Gasteiger partial charge is 0.405 e. The maximum Gasteiger partial charge on any atom is 0.573 e. The topological polar surface area (TPSA) is 41.6 Å². The number of ether oxygens (including phenoxy) is 1. The predicted octanol–water partition coefficient (Wildman–Crippen LogP) is 2.40. The second kappa shape index (κ2) is 6.56. The molecule has 1 N–H and O–H groups in total. The van der Waals surface area contributed by atoms with Gasteiger partial charge in [0.1, 0.15) is 5.75 Å². The van der Waals surface area contributed by atoms with Crippen molar-refractivity contribution in [1.82, 2.24) is 10.2 Å². The third kappa shape index (κ3) is 4.13. The number of rotatable bonds is 5. The summed E-state index contributed by atoms with van der Waals surface area (Å²) in [5.74, 6) is -0.209. The summed E-state index contributed by atoms with van der Waals surface area (Å²) in [6, 6.07) is 5.87. The van der Waals surface area contributed by atoms with Gasteiger partial charge in [0, 0.05) is 25.1 Å². The van der Waals surface area contributed by atoms with E-state index in [9.17, 15) is 18.0 Å². The van der Waals surface area contributed by atoms with Gasteiger partial charge in [-0.2, -0.15) is 0 Å². The molecular formula is C15H19F3N2O2. The molecule has 1 aliphatic rings. The van der Waals surface area contributed by atoms with Crippen LogP contribution >= 0.6 is 0 Å². The van der Waals surface area contributed by atoms with Crippen molar-refractivity contribution in [3.8, 4) is 5.75 Å². The highest BCUT2D eigenvalue weighted by atomic mass is 19.4. The number of nitrogens with zero attached hydrogens (tertiary/aromatic N) is 1. The summed E-state index contributed by atoms with van der Waals surface area (Å²) in [7, 11) is 1.59. The van der Waals surface area contributed by atoms with Crippen molar-refractivity contribution in [1.29, 1.82) is 0 Å². The SMILES string of the molecule is CC(C(=O)N(C)Cc1ccccc1OC(F)(F)F)C1CNC1. The van der Waals surface area contributed by atoms with Gasteiger partial charge in [0.2, 0.25) is 5.91 Å². The predicted molar refractivity (Wildman–Crippen MR) is 75.1 cm³/mol. The third-order valence-electron chi connectivity index (χ3n) is 3.89. The second-order valence-electron chi connectivity index (χ2n) is 5.56. The quantitative estimate of drug-likeness (QED) is 0.907. The van der Waals surface area contributed by atoms with E-state index >= 15 is 0 Å². The fourth-order valence-corrected chi connectivity index (χ4v) is 2.41. The number of alkyl halides is 3. The minimum Gasteiger partial charge on any atom is -0.405 e. The Balaban J connectivity index is 2.04. The highest BCUT2D eigenvalue weighted by Crippen LogP contribution is 2.27. The van der Waals surface area contributed by atoms with Gasteiger partial charge >= 0.3 is 6.36 Å². The molecule has 0 aromatic heterocycles. The van der Waals surface area contributed by atoms with Crippen molar-refractivity contribution in [3.05, 3.63) is 29.8 Å². The van der Waals surface area contributed by atoms with Gasteiger partial charge in [0.05, 0.1) is 0 Å². The van der Waals surface area contributed by atoms with Crippen molar-refractivity contribution in [2.24, 2.45) is 11.8 Å². The Bertz CT molecular complexity index is 530. The van der Waals surface area contributed by atoms with Gasteiger partial charge in [-0.15, -0.1) is 13.2 Å². The first-order chi connectivity index (χ1) is 10.3. The van der Waals surface area contributed by atoms with Crippen LogP contribution in [0.5, 0.6) is 5.75 Å². The molecule has 1 aliphatic heterocycles. The van der Waals surface area contributed by atoms with E-state index in [2.05, 4.69) is 10.1 Å². The van der Waals surface area contributed by atoms with E-state index in [0.717, 1.165) is 13.1 Å². The summed E-state index contributed by atoms with van der Waals surface area (Å²) < 4.78 is 41.2. The molecule has 0 spiro atoms. The number of hydrogen-bond acceptors (Lipinski definition) is 3. The molecule has 122 valence electrons. The van der Waals surface area contributed by atoms with Crippen LogP contribution in [0.25, 0.3) is 0 Å². The largest absolute Gasteiger partial charge is 0.573 e. The molecule has 1 aromatic carbocycles. The summed E-state index contributed by atoms with van der Waals surface area (Å²) in [5, 5.41) is 3.10. The number of amides is 1. The molecule has 1 amide bonds. The van der Waals surface area contributed by atoms with E-state index in [0.29, 0.717) is 5.56 Å². The van der Waals surface area contributed by atoms with Gasteiger partial charge in [-0.05, 0) is 25.1 Å². The maximum atomic E-state index is 12.4. The Morgan fingerprint density at radius 1 is 1.41 bits per heavy atom. The summed E-state index contributed by atoms with van der Waals surface area (Å²) in [4.78, 5) is 13.8. The number of nitrogens with one attached hydrogen (secondary N) is 1. The van der Waals surface area contributed by atoms with E-state index in [1.54, 1.807) is 13.1 Å². The molecule has 0 bridgehead atoms. The zero-order valence-corrected chi connectivity index (χ0v) is 12.5. The Hall–Kier alpha value is -1.76. The molecule has 1 aromatic rings. The maximum absolute atomic E-state index is 12.4. The Kier molecular flexibility index (Phi) is 4.95. The van der Waals surface area contributed by atoms with Crippen molar-refractivity contribution in [3.63, 3.8) is 0 Å². The van der Waals surface area contributed by atoms with E-state index in [4.69, 9.17) is 0 Å². The Morgan fingerprint density at radius 2 is 2.05 bits per heavy atom. The van der Waals surface area contributed by atoms with Gasteiger partial charge in [-0.25, -0.2) is 0 Å². The lowest BCUT2D eigenvalue weighted by molar-refractivity contribution is -0.275. The first-order valence-corrected chi connectivity index (χ1v) is 7.07. The van der Waals surface area contributed by atoms with Gasteiger partial charge in [-0.3, -0.25) is 4.79 Å². The van der Waals surface area contributed by atoms with Crippen LogP contribution < -0.4 is 10.1 Å². The Morgan fingerprint density at radius 3 is 2.59 bits per heavy atom. The molecule has 0 radical (unpaired) electrons. The van der Waals surface area contributed by atoms with Gasteiger partial charge in [-0.1, -0.05) is 25.1 Å². The van der Waals surface area contributed by atoms with Crippen molar-refractivity contribution >= 4 is 5.91 Å². The van der Waals surface area contributed by atoms with Gasteiger partial charge < -0.3 is 15.0 Å². The molecule has 0 aliphatic carbocycles. The highest BCUT2D eigenvalue weighted by molar-refractivity contribution is 5.78. The molecule has 4 nitrogen and oxygen atoms in total. The number of halogens is 3. The van der Waals surface area contributed by atoms with E-state index in [1.807, 2.05) is 6.92 Å². The molecular weight excluding hydrogens is 297 g/mol. The first kappa shape index (κ1) is 16.6.